The van der Waals surface area contributed by atoms with Gasteiger partial charge in [0.25, 0.3) is 0 Å². The topological polar surface area (TPSA) is 33.6 Å². The number of thiophene rings is 1. The first-order chi connectivity index (χ1) is 7.09. The Hall–Kier alpha value is -0.460. The smallest absolute Gasteiger partial charge is 0.195 e. The number of aromatic amines is 1. The Morgan fingerprint density at radius 3 is 2.87 bits per heavy atom. The van der Waals surface area contributed by atoms with Crippen molar-refractivity contribution in [2.24, 2.45) is 0 Å². The molecule has 0 amide bonds. The highest BCUT2D eigenvalue weighted by Crippen LogP contribution is 2.29. The van der Waals surface area contributed by atoms with Gasteiger partial charge in [-0.05, 0) is 48.1 Å². The quantitative estimate of drug-likeness (QED) is 0.850. The normalized spacial score (nSPS) is 11.2. The zero-order valence-electron chi connectivity index (χ0n) is 8.32. The lowest BCUT2D eigenvalue weighted by Crippen LogP contribution is -2.02. The van der Waals surface area contributed by atoms with Gasteiger partial charge in [-0.1, -0.05) is 0 Å². The molecule has 0 unspecified atom stereocenters. The van der Waals surface area contributed by atoms with Crippen LogP contribution in [0.5, 0.6) is 0 Å². The first kappa shape index (κ1) is 11.0. The Morgan fingerprint density at radius 2 is 2.33 bits per heavy atom. The largest absolute Gasteiger partial charge is 0.298 e. The molecule has 2 aromatic rings. The average molecular weight is 304 g/mol. The molecular formula is C9H10BrN3S2. The number of nitrogens with zero attached hydrogens (tertiary/aromatic N) is 2. The summed E-state index contributed by atoms with van der Waals surface area (Å²) in [5, 5.41) is 9.15. The van der Waals surface area contributed by atoms with Gasteiger partial charge in [-0.3, -0.25) is 9.67 Å². The SMILES string of the molecule is CC(C)n1c(-c2csc(Br)c2)n[nH]c1=S. The van der Waals surface area contributed by atoms with Crippen molar-refractivity contribution in [2.75, 3.05) is 0 Å². The van der Waals surface area contributed by atoms with Crippen LogP contribution in [0.15, 0.2) is 15.2 Å². The summed E-state index contributed by atoms with van der Waals surface area (Å²) in [4.78, 5) is 0. The molecule has 0 aliphatic carbocycles. The van der Waals surface area contributed by atoms with Gasteiger partial charge >= 0.3 is 0 Å². The number of rotatable bonds is 2. The monoisotopic (exact) mass is 303 g/mol. The number of hydrogen-bond acceptors (Lipinski definition) is 3. The van der Waals surface area contributed by atoms with Gasteiger partial charge < -0.3 is 0 Å². The van der Waals surface area contributed by atoms with Crippen molar-refractivity contribution in [3.8, 4) is 11.4 Å². The van der Waals surface area contributed by atoms with E-state index in [4.69, 9.17) is 12.2 Å². The second-order valence-electron chi connectivity index (χ2n) is 3.46. The highest BCUT2D eigenvalue weighted by molar-refractivity contribution is 9.11. The van der Waals surface area contributed by atoms with Gasteiger partial charge in [-0.25, -0.2) is 0 Å². The maximum absolute atomic E-state index is 5.19. The van der Waals surface area contributed by atoms with Gasteiger partial charge in [0.05, 0.1) is 3.79 Å². The van der Waals surface area contributed by atoms with Gasteiger partial charge in [-0.15, -0.1) is 11.3 Å². The van der Waals surface area contributed by atoms with Gasteiger partial charge in [0.2, 0.25) is 0 Å². The zero-order chi connectivity index (χ0) is 11.0. The molecule has 0 atom stereocenters. The van der Waals surface area contributed by atoms with Gasteiger partial charge in [0.1, 0.15) is 0 Å². The van der Waals surface area contributed by atoms with E-state index in [-0.39, 0.29) is 0 Å². The van der Waals surface area contributed by atoms with Crippen LogP contribution < -0.4 is 0 Å². The second-order valence-corrected chi connectivity index (χ2v) is 6.13. The molecule has 6 heteroatoms. The molecule has 2 rings (SSSR count). The Labute approximate surface area is 105 Å². The van der Waals surface area contributed by atoms with Crippen molar-refractivity contribution in [1.29, 1.82) is 0 Å². The summed E-state index contributed by atoms with van der Waals surface area (Å²) in [5.41, 5.74) is 1.09. The standard InChI is InChI=1S/C9H10BrN3S2/c1-5(2)13-8(11-12-9(13)14)6-3-7(10)15-4-6/h3-5H,1-2H3,(H,12,14). The van der Waals surface area contributed by atoms with Crippen LogP contribution in [0.2, 0.25) is 0 Å². The van der Waals surface area contributed by atoms with E-state index >= 15 is 0 Å². The Bertz CT molecular complexity index is 523. The molecule has 3 nitrogen and oxygen atoms in total. The predicted octanol–water partition coefficient (Wildman–Crippen LogP) is 4.01. The Balaban J connectivity index is 2.58. The van der Waals surface area contributed by atoms with E-state index in [2.05, 4.69) is 51.4 Å². The fourth-order valence-electron chi connectivity index (χ4n) is 1.41. The molecule has 15 heavy (non-hydrogen) atoms. The van der Waals surface area contributed by atoms with Crippen LogP contribution in [0.4, 0.5) is 0 Å². The molecule has 2 heterocycles. The van der Waals surface area contributed by atoms with Crippen LogP contribution in [-0.4, -0.2) is 14.8 Å². The van der Waals surface area contributed by atoms with E-state index in [1.807, 2.05) is 4.57 Å². The minimum absolute atomic E-state index is 0.310. The molecule has 2 aromatic heterocycles. The molecule has 1 N–H and O–H groups in total. The molecule has 0 radical (unpaired) electrons. The van der Waals surface area contributed by atoms with Crippen molar-refractivity contribution in [2.45, 2.75) is 19.9 Å². The molecule has 0 bridgehead atoms. The summed E-state index contributed by atoms with van der Waals surface area (Å²) in [5.74, 6) is 0.900. The molecule has 0 aliphatic rings. The third kappa shape index (κ3) is 2.07. The summed E-state index contributed by atoms with van der Waals surface area (Å²) in [6.45, 7) is 4.19. The van der Waals surface area contributed by atoms with E-state index in [1.54, 1.807) is 11.3 Å². The number of hydrogen-bond donors (Lipinski definition) is 1. The van der Waals surface area contributed by atoms with Crippen molar-refractivity contribution in [3.63, 3.8) is 0 Å². The van der Waals surface area contributed by atoms with Crippen molar-refractivity contribution >= 4 is 39.5 Å². The molecule has 0 aromatic carbocycles. The number of nitrogens with one attached hydrogen (secondary N) is 1. The lowest BCUT2D eigenvalue weighted by atomic mass is 10.3. The van der Waals surface area contributed by atoms with E-state index in [0.717, 1.165) is 15.2 Å². The number of halogens is 1. The number of aromatic nitrogens is 3. The number of H-pyrrole nitrogens is 1. The van der Waals surface area contributed by atoms with E-state index in [0.29, 0.717) is 10.8 Å². The minimum Gasteiger partial charge on any atom is -0.298 e. The van der Waals surface area contributed by atoms with Crippen LogP contribution in [0, 0.1) is 4.77 Å². The molecule has 0 fully saturated rings. The average Bonchev–Trinajstić information content (AvgIpc) is 2.71. The van der Waals surface area contributed by atoms with E-state index < -0.39 is 0 Å². The fraction of sp³-hybridized carbons (Fsp3) is 0.333. The van der Waals surface area contributed by atoms with Crippen LogP contribution in [0.3, 0.4) is 0 Å². The zero-order valence-corrected chi connectivity index (χ0v) is 11.5. The summed E-state index contributed by atoms with van der Waals surface area (Å²) >= 11 is 10.3. The molecule has 0 saturated heterocycles. The van der Waals surface area contributed by atoms with E-state index in [1.165, 1.54) is 0 Å². The molecule has 0 saturated carbocycles. The molecular weight excluding hydrogens is 294 g/mol. The summed E-state index contributed by atoms with van der Waals surface area (Å²) < 4.78 is 3.79. The molecule has 80 valence electrons. The summed E-state index contributed by atoms with van der Waals surface area (Å²) in [6, 6.07) is 2.36. The minimum atomic E-state index is 0.310. The first-order valence-corrected chi connectivity index (χ1v) is 6.59. The van der Waals surface area contributed by atoms with Crippen LogP contribution >= 0.6 is 39.5 Å². The lowest BCUT2D eigenvalue weighted by Gasteiger charge is -2.08. The summed E-state index contributed by atoms with van der Waals surface area (Å²) in [7, 11) is 0. The first-order valence-electron chi connectivity index (χ1n) is 4.51. The fourth-order valence-corrected chi connectivity index (χ4v) is 2.89. The van der Waals surface area contributed by atoms with Crippen LogP contribution in [0.25, 0.3) is 11.4 Å². The van der Waals surface area contributed by atoms with Gasteiger partial charge in [0, 0.05) is 17.0 Å². The van der Waals surface area contributed by atoms with Gasteiger partial charge in [-0.2, -0.15) is 5.10 Å². The van der Waals surface area contributed by atoms with Crippen LogP contribution in [-0.2, 0) is 0 Å². The van der Waals surface area contributed by atoms with Crippen molar-refractivity contribution in [1.82, 2.24) is 14.8 Å². The van der Waals surface area contributed by atoms with Crippen molar-refractivity contribution in [3.05, 3.63) is 20.0 Å². The third-order valence-corrected chi connectivity index (χ3v) is 3.84. The van der Waals surface area contributed by atoms with E-state index in [9.17, 15) is 0 Å². The Kier molecular flexibility index (Phi) is 3.08. The Morgan fingerprint density at radius 1 is 1.60 bits per heavy atom. The summed E-state index contributed by atoms with van der Waals surface area (Å²) in [6.07, 6.45) is 0. The lowest BCUT2D eigenvalue weighted by molar-refractivity contribution is 0.597. The van der Waals surface area contributed by atoms with Crippen LogP contribution in [0.1, 0.15) is 19.9 Å². The highest BCUT2D eigenvalue weighted by atomic mass is 79.9. The molecule has 0 aliphatic heterocycles. The molecule has 0 spiro atoms. The maximum atomic E-state index is 5.19. The highest BCUT2D eigenvalue weighted by Gasteiger charge is 2.12. The predicted molar refractivity (Wildman–Crippen MR) is 68.8 cm³/mol. The van der Waals surface area contributed by atoms with Crippen molar-refractivity contribution < 1.29 is 0 Å². The second kappa shape index (κ2) is 4.19. The van der Waals surface area contributed by atoms with Gasteiger partial charge in [0.15, 0.2) is 10.6 Å². The maximum Gasteiger partial charge on any atom is 0.195 e. The third-order valence-electron chi connectivity index (χ3n) is 2.05.